The van der Waals surface area contributed by atoms with Gasteiger partial charge in [-0.3, -0.25) is 4.39 Å². The van der Waals surface area contributed by atoms with E-state index in [1.165, 1.54) is 0 Å². The third kappa shape index (κ3) is 3.69. The molecule has 0 rings (SSSR count). The molecule has 0 saturated carbocycles. The van der Waals surface area contributed by atoms with Gasteiger partial charge >= 0.3 is 0 Å². The van der Waals surface area contributed by atoms with Gasteiger partial charge in [0.2, 0.25) is 0 Å². The van der Waals surface area contributed by atoms with Crippen molar-refractivity contribution < 1.29 is 9.50 Å². The molecule has 2 nitrogen and oxygen atoms in total. The topological polar surface area (TPSA) is 46.2 Å². The average molecular weight is 107 g/mol. The second-order valence-corrected chi connectivity index (χ2v) is 1.42. The minimum atomic E-state index is -0.443. The Balaban J connectivity index is 2.83. The zero-order chi connectivity index (χ0) is 5.70. The van der Waals surface area contributed by atoms with Crippen LogP contribution in [0.15, 0.2) is 0 Å². The Morgan fingerprint density at radius 2 is 2.29 bits per heavy atom. The lowest BCUT2D eigenvalue weighted by atomic mass is 10.3. The molecule has 0 unspecified atom stereocenters. The van der Waals surface area contributed by atoms with E-state index >= 15 is 0 Å². The van der Waals surface area contributed by atoms with Crippen LogP contribution in [0.5, 0.6) is 0 Å². The summed E-state index contributed by atoms with van der Waals surface area (Å²) in [7, 11) is 0. The maximum Gasteiger partial charge on any atom is 0.0910 e. The van der Waals surface area contributed by atoms with E-state index in [0.717, 1.165) is 0 Å². The first-order valence-corrected chi connectivity index (χ1v) is 2.23. The van der Waals surface area contributed by atoms with Gasteiger partial charge < -0.3 is 10.8 Å². The molecule has 3 N–H and O–H groups in total. The monoisotopic (exact) mass is 107 g/mol. The van der Waals surface area contributed by atoms with Crippen LogP contribution < -0.4 is 5.73 Å². The molecule has 0 heterocycles. The molecular weight excluding hydrogens is 97.0 g/mol. The smallest absolute Gasteiger partial charge is 0.0910 e. The van der Waals surface area contributed by atoms with E-state index in [1.807, 2.05) is 0 Å². The van der Waals surface area contributed by atoms with Gasteiger partial charge in [0.15, 0.2) is 0 Å². The van der Waals surface area contributed by atoms with E-state index in [4.69, 9.17) is 10.8 Å². The van der Waals surface area contributed by atoms with Crippen molar-refractivity contribution in [3.63, 3.8) is 0 Å². The number of alkyl halides is 1. The average Bonchev–Trinajstić information content (AvgIpc) is 1.68. The predicted octanol–water partition coefficient (Wildman–Crippen LogP) is -0.334. The quantitative estimate of drug-likeness (QED) is 0.518. The molecule has 1 atom stereocenters. The largest absolute Gasteiger partial charge is 0.395 e. The van der Waals surface area contributed by atoms with Crippen LogP contribution in [0.2, 0.25) is 0 Å². The SMILES string of the molecule is N[C@H](CO)CCF. The van der Waals surface area contributed by atoms with Gasteiger partial charge in [-0.15, -0.1) is 0 Å². The Morgan fingerprint density at radius 1 is 1.71 bits per heavy atom. The minimum absolute atomic E-state index is 0.121. The zero-order valence-corrected chi connectivity index (χ0v) is 4.10. The number of aliphatic hydroxyl groups is 1. The van der Waals surface area contributed by atoms with E-state index in [-0.39, 0.29) is 19.1 Å². The summed E-state index contributed by atoms with van der Waals surface area (Å²) in [5.41, 5.74) is 5.09. The molecule has 0 radical (unpaired) electrons. The van der Waals surface area contributed by atoms with Crippen molar-refractivity contribution >= 4 is 0 Å². The number of halogens is 1. The van der Waals surface area contributed by atoms with Crippen LogP contribution >= 0.6 is 0 Å². The van der Waals surface area contributed by atoms with Crippen LogP contribution in [0.1, 0.15) is 6.42 Å². The van der Waals surface area contributed by atoms with Gasteiger partial charge in [0.05, 0.1) is 13.3 Å². The molecule has 0 aromatic heterocycles. The van der Waals surface area contributed by atoms with E-state index in [2.05, 4.69) is 0 Å². The molecular formula is C4H10FNO. The van der Waals surface area contributed by atoms with Crippen molar-refractivity contribution in [2.45, 2.75) is 12.5 Å². The van der Waals surface area contributed by atoms with E-state index in [9.17, 15) is 4.39 Å². The van der Waals surface area contributed by atoms with Crippen molar-refractivity contribution in [1.29, 1.82) is 0 Å². The van der Waals surface area contributed by atoms with Crippen molar-refractivity contribution in [3.8, 4) is 0 Å². The van der Waals surface area contributed by atoms with Crippen molar-refractivity contribution in [2.75, 3.05) is 13.3 Å². The molecule has 7 heavy (non-hydrogen) atoms. The van der Waals surface area contributed by atoms with Crippen LogP contribution in [0.3, 0.4) is 0 Å². The van der Waals surface area contributed by atoms with Gasteiger partial charge in [-0.05, 0) is 6.42 Å². The van der Waals surface area contributed by atoms with Crippen LogP contribution in [0, 0.1) is 0 Å². The van der Waals surface area contributed by atoms with Gasteiger partial charge in [0.25, 0.3) is 0 Å². The van der Waals surface area contributed by atoms with Crippen LogP contribution in [0.25, 0.3) is 0 Å². The Kier molecular flexibility index (Phi) is 3.93. The third-order valence-corrected chi connectivity index (χ3v) is 0.714. The van der Waals surface area contributed by atoms with Gasteiger partial charge in [0.1, 0.15) is 0 Å². The first kappa shape index (κ1) is 6.85. The van der Waals surface area contributed by atoms with Crippen LogP contribution in [-0.2, 0) is 0 Å². The van der Waals surface area contributed by atoms with Crippen molar-refractivity contribution in [1.82, 2.24) is 0 Å². The second kappa shape index (κ2) is 4.02. The zero-order valence-electron chi connectivity index (χ0n) is 4.10. The van der Waals surface area contributed by atoms with Gasteiger partial charge in [-0.25, -0.2) is 0 Å². The fourth-order valence-corrected chi connectivity index (χ4v) is 0.231. The number of hydrogen-bond donors (Lipinski definition) is 2. The van der Waals surface area contributed by atoms with Gasteiger partial charge in [-0.2, -0.15) is 0 Å². The second-order valence-electron chi connectivity index (χ2n) is 1.42. The molecule has 0 amide bonds. The summed E-state index contributed by atoms with van der Waals surface area (Å²) in [5.74, 6) is 0. The summed E-state index contributed by atoms with van der Waals surface area (Å²) in [6.07, 6.45) is 0.260. The van der Waals surface area contributed by atoms with Gasteiger partial charge in [-0.1, -0.05) is 0 Å². The Hall–Kier alpha value is -0.150. The lowest BCUT2D eigenvalue weighted by Crippen LogP contribution is -2.24. The van der Waals surface area contributed by atoms with E-state index in [1.54, 1.807) is 0 Å². The summed E-state index contributed by atoms with van der Waals surface area (Å²) < 4.78 is 11.2. The summed E-state index contributed by atoms with van der Waals surface area (Å²) >= 11 is 0. The highest BCUT2D eigenvalue weighted by Gasteiger charge is 1.95. The maximum atomic E-state index is 11.2. The van der Waals surface area contributed by atoms with Crippen LogP contribution in [0.4, 0.5) is 4.39 Å². The molecule has 0 fully saturated rings. The molecule has 44 valence electrons. The third-order valence-electron chi connectivity index (χ3n) is 0.714. The number of hydrogen-bond acceptors (Lipinski definition) is 2. The number of nitrogens with two attached hydrogens (primary N) is 1. The molecule has 0 bridgehead atoms. The minimum Gasteiger partial charge on any atom is -0.395 e. The molecule has 0 aromatic rings. The Morgan fingerprint density at radius 3 is 2.43 bits per heavy atom. The van der Waals surface area contributed by atoms with Crippen molar-refractivity contribution in [2.24, 2.45) is 5.73 Å². The summed E-state index contributed by atoms with van der Waals surface area (Å²) in [6.45, 7) is -0.564. The molecule has 0 aromatic carbocycles. The lowest BCUT2D eigenvalue weighted by Gasteiger charge is -2.00. The summed E-state index contributed by atoms with van der Waals surface area (Å²) in [4.78, 5) is 0. The molecule has 0 aliphatic rings. The summed E-state index contributed by atoms with van der Waals surface area (Å²) in [6, 6.07) is -0.370. The fourth-order valence-electron chi connectivity index (χ4n) is 0.231. The highest BCUT2D eigenvalue weighted by atomic mass is 19.1. The lowest BCUT2D eigenvalue weighted by molar-refractivity contribution is 0.251. The van der Waals surface area contributed by atoms with Crippen LogP contribution in [-0.4, -0.2) is 24.4 Å². The fraction of sp³-hybridized carbons (Fsp3) is 1.00. The highest BCUT2D eigenvalue weighted by Crippen LogP contribution is 1.84. The van der Waals surface area contributed by atoms with Gasteiger partial charge in [0, 0.05) is 6.04 Å². The molecule has 0 spiro atoms. The Bertz CT molecular complexity index is 42.7. The Labute approximate surface area is 42.1 Å². The summed E-state index contributed by atoms with van der Waals surface area (Å²) in [5, 5.41) is 8.17. The first-order chi connectivity index (χ1) is 3.31. The van der Waals surface area contributed by atoms with Crippen molar-refractivity contribution in [3.05, 3.63) is 0 Å². The predicted molar refractivity (Wildman–Crippen MR) is 25.7 cm³/mol. The molecule has 3 heteroatoms. The number of rotatable bonds is 3. The molecule has 0 aliphatic carbocycles. The normalized spacial score (nSPS) is 14.1. The van der Waals surface area contributed by atoms with E-state index in [0.29, 0.717) is 0 Å². The molecule has 0 saturated heterocycles. The number of aliphatic hydroxyl groups excluding tert-OH is 1. The first-order valence-electron chi connectivity index (χ1n) is 2.23. The van der Waals surface area contributed by atoms with E-state index < -0.39 is 6.67 Å². The maximum absolute atomic E-state index is 11.2. The highest BCUT2D eigenvalue weighted by molar-refractivity contribution is 4.55. The standard InChI is InChI=1S/C4H10FNO/c5-2-1-4(6)3-7/h4,7H,1-3,6H2/t4-/m0/s1. The molecule has 0 aliphatic heterocycles.